The molecule has 1 heterocycles. The Morgan fingerprint density at radius 2 is 1.83 bits per heavy atom. The van der Waals surface area contributed by atoms with Gasteiger partial charge in [0.2, 0.25) is 5.91 Å². The van der Waals surface area contributed by atoms with Gasteiger partial charge in [0, 0.05) is 17.8 Å². The Labute approximate surface area is 130 Å². The predicted octanol–water partition coefficient (Wildman–Crippen LogP) is 1.97. The summed E-state index contributed by atoms with van der Waals surface area (Å²) in [6.45, 7) is 1.82. The van der Waals surface area contributed by atoms with Crippen LogP contribution >= 0.6 is 0 Å². The van der Waals surface area contributed by atoms with Gasteiger partial charge in [-0.3, -0.25) is 29.7 Å². The van der Waals surface area contributed by atoms with Crippen LogP contribution in [0.25, 0.3) is 0 Å². The summed E-state index contributed by atoms with van der Waals surface area (Å²) in [6, 6.07) is 5.44. The first kappa shape index (κ1) is 16.1. The quantitative estimate of drug-likeness (QED) is 0.639. The molecule has 0 radical (unpaired) electrons. The maximum absolute atomic E-state index is 12.1. The first-order valence-corrected chi connectivity index (χ1v) is 6.59. The molecule has 1 atom stereocenters. The second-order valence-corrected chi connectivity index (χ2v) is 4.87. The molecule has 23 heavy (non-hydrogen) atoms. The van der Waals surface area contributed by atoms with Crippen molar-refractivity contribution in [1.29, 1.82) is 0 Å². The summed E-state index contributed by atoms with van der Waals surface area (Å²) in [5.74, 6) is -0.818. The van der Waals surface area contributed by atoms with Gasteiger partial charge in [0.15, 0.2) is 0 Å². The molecule has 10 heteroatoms. The molecule has 0 fully saturated rings. The molecular weight excluding hydrogens is 306 g/mol. The molecule has 1 N–H and O–H groups in total. The van der Waals surface area contributed by atoms with E-state index in [-0.39, 0.29) is 23.8 Å². The summed E-state index contributed by atoms with van der Waals surface area (Å²) in [7, 11) is 0. The smallest absolute Gasteiger partial charge is 0.306 e. The van der Waals surface area contributed by atoms with Crippen LogP contribution in [0, 0.1) is 26.1 Å². The average Bonchev–Trinajstić information content (AvgIpc) is 2.96. The SMILES string of the molecule is CC(Cn1cc([N+](=O)[O-])cn1)C(=O)Nc1ccc([N+](=O)[O-])cc1. The normalized spacial score (nSPS) is 11.7. The lowest BCUT2D eigenvalue weighted by Gasteiger charge is -2.12. The molecule has 0 aliphatic carbocycles. The largest absolute Gasteiger partial charge is 0.326 e. The van der Waals surface area contributed by atoms with Gasteiger partial charge in [-0.05, 0) is 12.1 Å². The van der Waals surface area contributed by atoms with E-state index in [0.29, 0.717) is 5.69 Å². The van der Waals surface area contributed by atoms with E-state index in [4.69, 9.17) is 0 Å². The van der Waals surface area contributed by atoms with Crippen molar-refractivity contribution < 1.29 is 14.6 Å². The number of carbonyl (C=O) groups excluding carboxylic acids is 1. The Morgan fingerprint density at radius 1 is 1.22 bits per heavy atom. The van der Waals surface area contributed by atoms with Crippen LogP contribution in [-0.4, -0.2) is 25.5 Å². The first-order chi connectivity index (χ1) is 10.9. The number of hydrogen-bond acceptors (Lipinski definition) is 6. The van der Waals surface area contributed by atoms with Gasteiger partial charge in [-0.2, -0.15) is 5.10 Å². The number of amides is 1. The van der Waals surface area contributed by atoms with E-state index in [9.17, 15) is 25.0 Å². The van der Waals surface area contributed by atoms with Crippen molar-refractivity contribution in [2.45, 2.75) is 13.5 Å². The van der Waals surface area contributed by atoms with E-state index in [2.05, 4.69) is 10.4 Å². The molecule has 0 aliphatic rings. The van der Waals surface area contributed by atoms with Crippen molar-refractivity contribution >= 4 is 23.0 Å². The maximum atomic E-state index is 12.1. The Balaban J connectivity index is 1.96. The minimum Gasteiger partial charge on any atom is -0.326 e. The number of hydrogen-bond donors (Lipinski definition) is 1. The fourth-order valence-electron chi connectivity index (χ4n) is 1.84. The lowest BCUT2D eigenvalue weighted by atomic mass is 10.1. The number of benzene rings is 1. The van der Waals surface area contributed by atoms with Gasteiger partial charge in [-0.15, -0.1) is 0 Å². The number of aromatic nitrogens is 2. The Kier molecular flexibility index (Phi) is 4.64. The molecule has 0 saturated heterocycles. The van der Waals surface area contributed by atoms with Crippen LogP contribution in [-0.2, 0) is 11.3 Å². The fourth-order valence-corrected chi connectivity index (χ4v) is 1.84. The van der Waals surface area contributed by atoms with Crippen LogP contribution in [0.1, 0.15) is 6.92 Å². The van der Waals surface area contributed by atoms with Crippen molar-refractivity contribution in [3.8, 4) is 0 Å². The lowest BCUT2D eigenvalue weighted by molar-refractivity contribution is -0.385. The number of anilines is 1. The van der Waals surface area contributed by atoms with Crippen LogP contribution in [0.5, 0.6) is 0 Å². The third kappa shape index (κ3) is 4.09. The Hall–Kier alpha value is -3.30. The molecule has 2 aromatic rings. The fraction of sp³-hybridized carbons (Fsp3) is 0.231. The molecule has 120 valence electrons. The zero-order chi connectivity index (χ0) is 17.0. The highest BCUT2D eigenvalue weighted by Crippen LogP contribution is 2.16. The van der Waals surface area contributed by atoms with Gasteiger partial charge in [0.05, 0.1) is 22.3 Å². The van der Waals surface area contributed by atoms with E-state index in [1.165, 1.54) is 35.1 Å². The Morgan fingerprint density at radius 3 is 2.35 bits per heavy atom. The van der Waals surface area contributed by atoms with Crippen LogP contribution in [0.3, 0.4) is 0 Å². The van der Waals surface area contributed by atoms with Gasteiger partial charge >= 0.3 is 5.69 Å². The van der Waals surface area contributed by atoms with Gasteiger partial charge in [0.1, 0.15) is 12.4 Å². The molecule has 0 saturated carbocycles. The van der Waals surface area contributed by atoms with Gasteiger partial charge < -0.3 is 5.32 Å². The van der Waals surface area contributed by atoms with E-state index in [0.717, 1.165) is 6.20 Å². The lowest BCUT2D eigenvalue weighted by Crippen LogP contribution is -2.24. The van der Waals surface area contributed by atoms with Crippen LogP contribution < -0.4 is 5.32 Å². The number of non-ortho nitro benzene ring substituents is 1. The molecule has 1 unspecified atom stereocenters. The third-order valence-electron chi connectivity index (χ3n) is 3.08. The molecule has 2 rings (SSSR count). The second kappa shape index (κ2) is 6.64. The van der Waals surface area contributed by atoms with E-state index in [1.807, 2.05) is 0 Å². The minimum atomic E-state index is -0.564. The van der Waals surface area contributed by atoms with Gasteiger partial charge in [-0.25, -0.2) is 0 Å². The van der Waals surface area contributed by atoms with Crippen LogP contribution in [0.15, 0.2) is 36.7 Å². The molecule has 1 aromatic heterocycles. The molecule has 1 amide bonds. The zero-order valence-electron chi connectivity index (χ0n) is 12.1. The highest BCUT2D eigenvalue weighted by Gasteiger charge is 2.17. The number of nitrogens with zero attached hydrogens (tertiary/aromatic N) is 4. The zero-order valence-corrected chi connectivity index (χ0v) is 12.1. The van der Waals surface area contributed by atoms with Crippen molar-refractivity contribution in [3.63, 3.8) is 0 Å². The topological polar surface area (TPSA) is 133 Å². The third-order valence-corrected chi connectivity index (χ3v) is 3.08. The van der Waals surface area contributed by atoms with Crippen molar-refractivity contribution in [2.75, 3.05) is 5.32 Å². The second-order valence-electron chi connectivity index (χ2n) is 4.87. The van der Waals surface area contributed by atoms with Crippen LogP contribution in [0.4, 0.5) is 17.1 Å². The Bertz CT molecular complexity index is 739. The average molecular weight is 319 g/mol. The number of nitro benzene ring substituents is 1. The molecular formula is C13H13N5O5. The highest BCUT2D eigenvalue weighted by atomic mass is 16.6. The highest BCUT2D eigenvalue weighted by molar-refractivity contribution is 5.92. The minimum absolute atomic E-state index is 0.0695. The van der Waals surface area contributed by atoms with Crippen molar-refractivity contribution in [1.82, 2.24) is 9.78 Å². The van der Waals surface area contributed by atoms with Gasteiger partial charge in [0.25, 0.3) is 5.69 Å². The van der Waals surface area contributed by atoms with E-state index < -0.39 is 15.8 Å². The first-order valence-electron chi connectivity index (χ1n) is 6.59. The monoisotopic (exact) mass is 319 g/mol. The van der Waals surface area contributed by atoms with Gasteiger partial charge in [-0.1, -0.05) is 6.92 Å². The maximum Gasteiger partial charge on any atom is 0.306 e. The summed E-state index contributed by atoms with van der Waals surface area (Å²) in [5, 5.41) is 27.6. The predicted molar refractivity (Wildman–Crippen MR) is 79.8 cm³/mol. The van der Waals surface area contributed by atoms with E-state index >= 15 is 0 Å². The summed E-state index contributed by atoms with van der Waals surface area (Å²) in [5.41, 5.74) is 0.215. The van der Waals surface area contributed by atoms with Crippen molar-refractivity contribution in [2.24, 2.45) is 5.92 Å². The molecule has 1 aromatic carbocycles. The summed E-state index contributed by atoms with van der Waals surface area (Å²) in [4.78, 5) is 32.1. The summed E-state index contributed by atoms with van der Waals surface area (Å²) < 4.78 is 1.32. The molecule has 10 nitrogen and oxygen atoms in total. The summed E-state index contributed by atoms with van der Waals surface area (Å²) >= 11 is 0. The number of carbonyl (C=O) groups is 1. The number of nitrogens with one attached hydrogen (secondary N) is 1. The van der Waals surface area contributed by atoms with E-state index in [1.54, 1.807) is 6.92 Å². The molecule has 0 aliphatic heterocycles. The van der Waals surface area contributed by atoms with Crippen LogP contribution in [0.2, 0.25) is 0 Å². The van der Waals surface area contributed by atoms with Crippen molar-refractivity contribution in [3.05, 3.63) is 56.9 Å². The molecule has 0 bridgehead atoms. The number of nitro groups is 2. The summed E-state index contributed by atoms with van der Waals surface area (Å²) in [6.07, 6.45) is 2.36. The standard InChI is InChI=1S/C13H13N5O5/c1-9(7-16-8-12(6-14-16)18(22)23)13(19)15-10-2-4-11(5-3-10)17(20)21/h2-6,8-9H,7H2,1H3,(H,15,19). The number of rotatable bonds is 6. The molecule has 0 spiro atoms.